The van der Waals surface area contributed by atoms with Gasteiger partial charge in [-0.2, -0.15) is 0 Å². The maximum absolute atomic E-state index is 13.1. The summed E-state index contributed by atoms with van der Waals surface area (Å²) in [5.41, 5.74) is 7.79. The SMILES string of the molecule is Nc1ccc(/C=C/C(=O)Cc2cc(F)ccc2Br)cc1. The first-order valence-electron chi connectivity index (χ1n) is 6.05. The molecular weight excluding hydrogens is 321 g/mol. The van der Waals surface area contributed by atoms with Crippen LogP contribution in [0.5, 0.6) is 0 Å². The summed E-state index contributed by atoms with van der Waals surface area (Å²) in [6, 6.07) is 11.5. The fourth-order valence-electron chi connectivity index (χ4n) is 1.72. The van der Waals surface area contributed by atoms with Crippen LogP contribution in [0.2, 0.25) is 0 Å². The second-order valence-corrected chi connectivity index (χ2v) is 5.23. The van der Waals surface area contributed by atoms with Crippen LogP contribution in [0.4, 0.5) is 10.1 Å². The van der Waals surface area contributed by atoms with Gasteiger partial charge in [0, 0.05) is 16.6 Å². The highest BCUT2D eigenvalue weighted by Gasteiger charge is 2.05. The molecular formula is C16H13BrFNO. The summed E-state index contributed by atoms with van der Waals surface area (Å²) in [6.45, 7) is 0. The molecule has 4 heteroatoms. The smallest absolute Gasteiger partial charge is 0.160 e. The highest BCUT2D eigenvalue weighted by atomic mass is 79.9. The summed E-state index contributed by atoms with van der Waals surface area (Å²) in [6.07, 6.45) is 3.36. The summed E-state index contributed by atoms with van der Waals surface area (Å²) in [5.74, 6) is -0.438. The number of benzene rings is 2. The van der Waals surface area contributed by atoms with Crippen molar-refractivity contribution in [2.75, 3.05) is 5.73 Å². The van der Waals surface area contributed by atoms with E-state index in [1.54, 1.807) is 24.3 Å². The van der Waals surface area contributed by atoms with Gasteiger partial charge in [0.05, 0.1) is 0 Å². The molecule has 0 atom stereocenters. The number of carbonyl (C=O) groups is 1. The molecule has 20 heavy (non-hydrogen) atoms. The quantitative estimate of drug-likeness (QED) is 0.678. The average molecular weight is 334 g/mol. The van der Waals surface area contributed by atoms with Crippen molar-refractivity contribution in [2.45, 2.75) is 6.42 Å². The van der Waals surface area contributed by atoms with Crippen LogP contribution in [0.25, 0.3) is 6.08 Å². The Morgan fingerprint density at radius 2 is 1.90 bits per heavy atom. The third kappa shape index (κ3) is 4.03. The molecule has 2 rings (SSSR count). The number of carbonyl (C=O) groups excluding carboxylic acids is 1. The van der Waals surface area contributed by atoms with Gasteiger partial charge in [0.1, 0.15) is 5.82 Å². The van der Waals surface area contributed by atoms with Crippen molar-refractivity contribution in [3.8, 4) is 0 Å². The number of hydrogen-bond acceptors (Lipinski definition) is 2. The molecule has 0 aliphatic heterocycles. The van der Waals surface area contributed by atoms with Gasteiger partial charge in [0.2, 0.25) is 0 Å². The summed E-state index contributed by atoms with van der Waals surface area (Å²) in [4.78, 5) is 11.9. The van der Waals surface area contributed by atoms with Crippen LogP contribution in [0.15, 0.2) is 53.0 Å². The minimum absolute atomic E-state index is 0.0897. The molecule has 2 N–H and O–H groups in total. The number of ketones is 1. The second kappa shape index (κ2) is 6.48. The number of halogens is 2. The Morgan fingerprint density at radius 1 is 1.20 bits per heavy atom. The Morgan fingerprint density at radius 3 is 2.60 bits per heavy atom. The second-order valence-electron chi connectivity index (χ2n) is 4.38. The third-order valence-corrected chi connectivity index (χ3v) is 3.54. The normalized spacial score (nSPS) is 10.9. The van der Waals surface area contributed by atoms with E-state index in [1.165, 1.54) is 18.2 Å². The predicted octanol–water partition coefficient (Wildman–Crippen LogP) is 4.00. The first kappa shape index (κ1) is 14.5. The molecule has 0 spiro atoms. The molecule has 0 aliphatic carbocycles. The highest BCUT2D eigenvalue weighted by molar-refractivity contribution is 9.10. The number of nitrogens with two attached hydrogens (primary N) is 1. The Kier molecular flexibility index (Phi) is 4.69. The summed E-state index contributed by atoms with van der Waals surface area (Å²) >= 11 is 3.31. The van der Waals surface area contributed by atoms with Crippen LogP contribution >= 0.6 is 15.9 Å². The van der Waals surface area contributed by atoms with Crippen LogP contribution in [-0.2, 0) is 11.2 Å². The number of nitrogen functional groups attached to an aromatic ring is 1. The fourth-order valence-corrected chi connectivity index (χ4v) is 2.11. The van der Waals surface area contributed by atoms with Gasteiger partial charge in [-0.05, 0) is 47.5 Å². The van der Waals surface area contributed by atoms with Crippen molar-refractivity contribution >= 4 is 33.5 Å². The molecule has 0 saturated carbocycles. The molecule has 0 saturated heterocycles. The monoisotopic (exact) mass is 333 g/mol. The lowest BCUT2D eigenvalue weighted by Gasteiger charge is -2.02. The lowest BCUT2D eigenvalue weighted by molar-refractivity contribution is -0.113. The van der Waals surface area contributed by atoms with Gasteiger partial charge in [-0.1, -0.05) is 34.1 Å². The van der Waals surface area contributed by atoms with Gasteiger partial charge in [-0.15, -0.1) is 0 Å². The number of allylic oxidation sites excluding steroid dienone is 1. The summed E-state index contributed by atoms with van der Waals surface area (Å²) < 4.78 is 13.9. The summed E-state index contributed by atoms with van der Waals surface area (Å²) in [7, 11) is 0. The van der Waals surface area contributed by atoms with E-state index in [4.69, 9.17) is 5.73 Å². The van der Waals surface area contributed by atoms with Gasteiger partial charge in [-0.25, -0.2) is 4.39 Å². The number of anilines is 1. The minimum atomic E-state index is -0.349. The van der Waals surface area contributed by atoms with Crippen LogP contribution in [0.1, 0.15) is 11.1 Å². The topological polar surface area (TPSA) is 43.1 Å². The Hall–Kier alpha value is -1.94. The van der Waals surface area contributed by atoms with E-state index in [1.807, 2.05) is 12.1 Å². The van der Waals surface area contributed by atoms with E-state index in [2.05, 4.69) is 15.9 Å². The molecule has 0 amide bonds. The molecule has 0 heterocycles. The molecule has 102 valence electrons. The van der Waals surface area contributed by atoms with Gasteiger partial charge >= 0.3 is 0 Å². The highest BCUT2D eigenvalue weighted by Crippen LogP contribution is 2.19. The largest absolute Gasteiger partial charge is 0.399 e. The fraction of sp³-hybridized carbons (Fsp3) is 0.0625. The average Bonchev–Trinajstić information content (AvgIpc) is 2.42. The van der Waals surface area contributed by atoms with Crippen LogP contribution in [-0.4, -0.2) is 5.78 Å². The van der Waals surface area contributed by atoms with Crippen LogP contribution < -0.4 is 5.73 Å². The van der Waals surface area contributed by atoms with E-state index in [0.717, 1.165) is 10.0 Å². The molecule has 0 unspecified atom stereocenters. The Bertz CT molecular complexity index is 650. The molecule has 2 aromatic rings. The van der Waals surface area contributed by atoms with Gasteiger partial charge in [-0.3, -0.25) is 4.79 Å². The standard InChI is InChI=1S/C16H13BrFNO/c17-16-8-4-13(18)9-12(16)10-15(20)7-3-11-1-5-14(19)6-2-11/h1-9H,10,19H2/b7-3+. The van der Waals surface area contributed by atoms with E-state index in [0.29, 0.717) is 11.3 Å². The van der Waals surface area contributed by atoms with Gasteiger partial charge in [0.25, 0.3) is 0 Å². The number of hydrogen-bond donors (Lipinski definition) is 1. The van der Waals surface area contributed by atoms with Crippen LogP contribution in [0.3, 0.4) is 0 Å². The molecule has 0 bridgehead atoms. The van der Waals surface area contributed by atoms with Crippen molar-refractivity contribution in [1.29, 1.82) is 0 Å². The van der Waals surface area contributed by atoms with Crippen molar-refractivity contribution in [3.63, 3.8) is 0 Å². The summed E-state index contributed by atoms with van der Waals surface area (Å²) in [5, 5.41) is 0. The van der Waals surface area contributed by atoms with Crippen molar-refractivity contribution < 1.29 is 9.18 Å². The molecule has 0 aliphatic rings. The van der Waals surface area contributed by atoms with E-state index in [-0.39, 0.29) is 18.0 Å². The molecule has 2 nitrogen and oxygen atoms in total. The number of rotatable bonds is 4. The van der Waals surface area contributed by atoms with Crippen molar-refractivity contribution in [3.05, 3.63) is 70.0 Å². The van der Waals surface area contributed by atoms with Crippen molar-refractivity contribution in [2.24, 2.45) is 0 Å². The van der Waals surface area contributed by atoms with Gasteiger partial charge in [0.15, 0.2) is 5.78 Å². The Balaban J connectivity index is 2.05. The van der Waals surface area contributed by atoms with Crippen LogP contribution in [0, 0.1) is 5.82 Å². The minimum Gasteiger partial charge on any atom is -0.399 e. The van der Waals surface area contributed by atoms with Gasteiger partial charge < -0.3 is 5.73 Å². The zero-order valence-electron chi connectivity index (χ0n) is 10.6. The first-order chi connectivity index (χ1) is 9.54. The molecule has 0 radical (unpaired) electrons. The lowest BCUT2D eigenvalue weighted by atomic mass is 10.1. The third-order valence-electron chi connectivity index (χ3n) is 2.77. The first-order valence-corrected chi connectivity index (χ1v) is 6.84. The maximum atomic E-state index is 13.1. The molecule has 0 aromatic heterocycles. The maximum Gasteiger partial charge on any atom is 0.160 e. The zero-order chi connectivity index (χ0) is 14.5. The lowest BCUT2D eigenvalue weighted by Crippen LogP contribution is -1.99. The van der Waals surface area contributed by atoms with E-state index < -0.39 is 0 Å². The van der Waals surface area contributed by atoms with Crippen molar-refractivity contribution in [1.82, 2.24) is 0 Å². The zero-order valence-corrected chi connectivity index (χ0v) is 12.2. The molecule has 2 aromatic carbocycles. The predicted molar refractivity (Wildman–Crippen MR) is 82.7 cm³/mol. The van der Waals surface area contributed by atoms with E-state index >= 15 is 0 Å². The van der Waals surface area contributed by atoms with E-state index in [9.17, 15) is 9.18 Å². The molecule has 0 fully saturated rings. The Labute approximate surface area is 125 Å².